The molecule has 1 unspecified atom stereocenters. The molecule has 1 saturated heterocycles. The van der Waals surface area contributed by atoms with Gasteiger partial charge >= 0.3 is 0 Å². The van der Waals surface area contributed by atoms with Crippen LogP contribution in [0.25, 0.3) is 0 Å². The molecule has 1 aromatic carbocycles. The van der Waals surface area contributed by atoms with Crippen molar-refractivity contribution in [2.45, 2.75) is 25.6 Å². The molecule has 1 aliphatic heterocycles. The summed E-state index contributed by atoms with van der Waals surface area (Å²) in [6.07, 6.45) is 3.31. The number of rotatable bonds is 2. The second kappa shape index (κ2) is 5.67. The van der Waals surface area contributed by atoms with Crippen molar-refractivity contribution in [3.05, 3.63) is 25.3 Å². The van der Waals surface area contributed by atoms with Gasteiger partial charge in [0, 0.05) is 13.6 Å². The number of hydrogen-bond acceptors (Lipinski definition) is 2. The average Bonchev–Trinajstić information content (AvgIpc) is 2.17. The van der Waals surface area contributed by atoms with Gasteiger partial charge in [0.05, 0.1) is 6.61 Å². The average molecular weight is 430 g/mol. The third-order valence-corrected chi connectivity index (χ3v) is 3.49. The second-order valence-corrected chi connectivity index (χ2v) is 6.01. The van der Waals surface area contributed by atoms with E-state index in [1.807, 2.05) is 12.1 Å². The van der Waals surface area contributed by atoms with Crippen molar-refractivity contribution in [1.82, 2.24) is 0 Å². The summed E-state index contributed by atoms with van der Waals surface area (Å²) in [5, 5.41) is 0. The van der Waals surface area contributed by atoms with Gasteiger partial charge in [-0.1, -0.05) is 0 Å². The normalized spacial score (nSPS) is 21.3. The summed E-state index contributed by atoms with van der Waals surface area (Å²) in [4.78, 5) is 0. The van der Waals surface area contributed by atoms with Crippen molar-refractivity contribution in [3.63, 3.8) is 0 Å². The minimum atomic E-state index is -0.0484. The maximum Gasteiger partial charge on any atom is 0.199 e. The first kappa shape index (κ1) is 11.9. The zero-order valence-electron chi connectivity index (χ0n) is 8.21. The van der Waals surface area contributed by atoms with Crippen LogP contribution in [0, 0.1) is 7.14 Å². The zero-order chi connectivity index (χ0) is 10.7. The maximum absolute atomic E-state index is 5.79. The van der Waals surface area contributed by atoms with Crippen LogP contribution in [0.3, 0.4) is 0 Å². The van der Waals surface area contributed by atoms with Gasteiger partial charge in [0.15, 0.2) is 6.29 Å². The van der Waals surface area contributed by atoms with E-state index in [0.717, 1.165) is 25.2 Å². The zero-order valence-corrected chi connectivity index (χ0v) is 12.5. The fourth-order valence-corrected chi connectivity index (χ4v) is 3.43. The van der Waals surface area contributed by atoms with Gasteiger partial charge in [0.2, 0.25) is 0 Å². The number of halogens is 2. The highest BCUT2D eigenvalue weighted by Gasteiger charge is 2.15. The van der Waals surface area contributed by atoms with E-state index in [1.165, 1.54) is 13.6 Å². The molecule has 1 aliphatic rings. The van der Waals surface area contributed by atoms with Crippen LogP contribution in [0.2, 0.25) is 0 Å². The molecule has 0 N–H and O–H groups in total. The van der Waals surface area contributed by atoms with Crippen LogP contribution in [0.1, 0.15) is 19.3 Å². The van der Waals surface area contributed by atoms with Crippen molar-refractivity contribution in [2.75, 3.05) is 6.61 Å². The molecule has 0 bridgehead atoms. The minimum absolute atomic E-state index is 0.0484. The van der Waals surface area contributed by atoms with Crippen LogP contribution in [0.5, 0.6) is 5.75 Å². The number of ether oxygens (including phenoxy) is 2. The highest BCUT2D eigenvalue weighted by molar-refractivity contribution is 14.1. The molecule has 2 nitrogen and oxygen atoms in total. The lowest BCUT2D eigenvalue weighted by Gasteiger charge is -2.23. The Balaban J connectivity index is 2.02. The number of benzene rings is 1. The lowest BCUT2D eigenvalue weighted by Crippen LogP contribution is -2.25. The van der Waals surface area contributed by atoms with Crippen LogP contribution in [-0.2, 0) is 4.74 Å². The third kappa shape index (κ3) is 3.74. The summed E-state index contributed by atoms with van der Waals surface area (Å²) in [5.41, 5.74) is 0. The lowest BCUT2D eigenvalue weighted by molar-refractivity contribution is -0.105. The highest BCUT2D eigenvalue weighted by Crippen LogP contribution is 2.23. The molecule has 4 heteroatoms. The van der Waals surface area contributed by atoms with Crippen LogP contribution in [0.15, 0.2) is 18.2 Å². The van der Waals surface area contributed by atoms with Gasteiger partial charge in [0.1, 0.15) is 5.75 Å². The predicted molar refractivity (Wildman–Crippen MR) is 76.1 cm³/mol. The van der Waals surface area contributed by atoms with Crippen molar-refractivity contribution in [3.8, 4) is 5.75 Å². The maximum atomic E-state index is 5.79. The molecule has 0 radical (unpaired) electrons. The molecule has 0 amide bonds. The molecule has 15 heavy (non-hydrogen) atoms. The Kier molecular flexibility index (Phi) is 4.51. The van der Waals surface area contributed by atoms with Gasteiger partial charge in [-0.2, -0.15) is 0 Å². The van der Waals surface area contributed by atoms with Crippen LogP contribution < -0.4 is 4.74 Å². The minimum Gasteiger partial charge on any atom is -0.465 e. The van der Waals surface area contributed by atoms with E-state index < -0.39 is 0 Å². The molecule has 1 fully saturated rings. The molecule has 1 atom stereocenters. The molecule has 0 aliphatic carbocycles. The quantitative estimate of drug-likeness (QED) is 0.666. The highest BCUT2D eigenvalue weighted by atomic mass is 127. The monoisotopic (exact) mass is 430 g/mol. The van der Waals surface area contributed by atoms with Crippen LogP contribution >= 0.6 is 45.2 Å². The summed E-state index contributed by atoms with van der Waals surface area (Å²) in [5.74, 6) is 0.915. The molecule has 1 aromatic rings. The summed E-state index contributed by atoms with van der Waals surface area (Å²) < 4.78 is 13.7. The fourth-order valence-electron chi connectivity index (χ4n) is 1.55. The Hall–Kier alpha value is 0.440. The van der Waals surface area contributed by atoms with E-state index in [-0.39, 0.29) is 6.29 Å². The van der Waals surface area contributed by atoms with Crippen LogP contribution in [-0.4, -0.2) is 12.9 Å². The van der Waals surface area contributed by atoms with Gasteiger partial charge < -0.3 is 9.47 Å². The van der Waals surface area contributed by atoms with E-state index in [4.69, 9.17) is 9.47 Å². The van der Waals surface area contributed by atoms with Gasteiger partial charge in [-0.05, 0) is 76.2 Å². The van der Waals surface area contributed by atoms with E-state index in [0.29, 0.717) is 0 Å². The largest absolute Gasteiger partial charge is 0.465 e. The molecule has 0 spiro atoms. The first-order chi connectivity index (χ1) is 7.24. The first-order valence-corrected chi connectivity index (χ1v) is 7.14. The van der Waals surface area contributed by atoms with E-state index in [9.17, 15) is 0 Å². The summed E-state index contributed by atoms with van der Waals surface area (Å²) >= 11 is 4.60. The summed E-state index contributed by atoms with van der Waals surface area (Å²) in [6.45, 7) is 0.825. The van der Waals surface area contributed by atoms with Gasteiger partial charge in [-0.15, -0.1) is 0 Å². The molecule has 1 heterocycles. The molecule has 82 valence electrons. The van der Waals surface area contributed by atoms with Gasteiger partial charge in [-0.3, -0.25) is 0 Å². The van der Waals surface area contributed by atoms with Crippen molar-refractivity contribution in [1.29, 1.82) is 0 Å². The third-order valence-electron chi connectivity index (χ3n) is 2.24. The van der Waals surface area contributed by atoms with E-state index >= 15 is 0 Å². The number of hydrogen-bond donors (Lipinski definition) is 0. The van der Waals surface area contributed by atoms with E-state index in [2.05, 4.69) is 51.2 Å². The van der Waals surface area contributed by atoms with E-state index in [1.54, 1.807) is 0 Å². The predicted octanol–water partition coefficient (Wildman–Crippen LogP) is 3.80. The van der Waals surface area contributed by atoms with Gasteiger partial charge in [-0.25, -0.2) is 0 Å². The Morgan fingerprint density at radius 3 is 2.47 bits per heavy atom. The Morgan fingerprint density at radius 1 is 1.13 bits per heavy atom. The standard InChI is InChI=1S/C11H12I2O2/c12-8-5-9(13)7-10(6-8)15-11-3-1-2-4-14-11/h5-7,11H,1-4H2. The van der Waals surface area contributed by atoms with Gasteiger partial charge in [0.25, 0.3) is 0 Å². The topological polar surface area (TPSA) is 18.5 Å². The second-order valence-electron chi connectivity index (χ2n) is 3.52. The fraction of sp³-hybridized carbons (Fsp3) is 0.455. The summed E-state index contributed by atoms with van der Waals surface area (Å²) in [7, 11) is 0. The smallest absolute Gasteiger partial charge is 0.199 e. The molecular formula is C11H12I2O2. The Bertz CT molecular complexity index is 315. The summed E-state index contributed by atoms with van der Waals surface area (Å²) in [6, 6.07) is 6.21. The van der Waals surface area contributed by atoms with Crippen molar-refractivity contribution in [2.24, 2.45) is 0 Å². The SMILES string of the molecule is Ic1cc(I)cc(OC2CCCCO2)c1. The molecular weight excluding hydrogens is 418 g/mol. The lowest BCUT2D eigenvalue weighted by atomic mass is 10.2. The Labute approximate surface area is 117 Å². The molecule has 2 rings (SSSR count). The molecule has 0 saturated carbocycles. The Morgan fingerprint density at radius 2 is 1.87 bits per heavy atom. The first-order valence-electron chi connectivity index (χ1n) is 4.98. The van der Waals surface area contributed by atoms with Crippen LogP contribution in [0.4, 0.5) is 0 Å². The molecule has 0 aromatic heterocycles. The van der Waals surface area contributed by atoms with Crippen molar-refractivity contribution >= 4 is 45.2 Å². The van der Waals surface area contributed by atoms with Crippen molar-refractivity contribution < 1.29 is 9.47 Å².